The Labute approximate surface area is 138 Å². The number of carbonyl (C=O) groups excluding carboxylic acids is 1. The predicted octanol–water partition coefficient (Wildman–Crippen LogP) is 2.68. The van der Waals surface area contributed by atoms with Gasteiger partial charge in [0.05, 0.1) is 5.69 Å². The first-order valence-electron chi connectivity index (χ1n) is 7.44. The van der Waals surface area contributed by atoms with Crippen LogP contribution in [0.2, 0.25) is 0 Å². The average Bonchev–Trinajstić information content (AvgIpc) is 3.11. The molecule has 7 heteroatoms. The number of carbonyl (C=O) groups is 1. The van der Waals surface area contributed by atoms with E-state index in [1.807, 2.05) is 0 Å². The molecule has 1 amide bonds. The second-order valence-corrected chi connectivity index (χ2v) is 5.52. The van der Waals surface area contributed by atoms with Crippen LogP contribution in [0.3, 0.4) is 0 Å². The molecule has 0 spiro atoms. The van der Waals surface area contributed by atoms with E-state index in [-0.39, 0.29) is 5.91 Å². The lowest BCUT2D eigenvalue weighted by Gasteiger charge is -2.19. The Kier molecular flexibility index (Phi) is 4.16. The van der Waals surface area contributed by atoms with Crippen molar-refractivity contribution in [2.75, 3.05) is 0 Å². The van der Waals surface area contributed by atoms with Crippen molar-refractivity contribution in [3.8, 4) is 0 Å². The number of aryl methyl sites for hydroxylation is 3. The van der Waals surface area contributed by atoms with Crippen LogP contribution in [0.5, 0.6) is 0 Å². The predicted molar refractivity (Wildman–Crippen MR) is 84.9 cm³/mol. The van der Waals surface area contributed by atoms with E-state index in [0.29, 0.717) is 28.4 Å². The fourth-order valence-electron chi connectivity index (χ4n) is 2.66. The first kappa shape index (κ1) is 15.9. The van der Waals surface area contributed by atoms with Crippen LogP contribution in [-0.2, 0) is 7.05 Å². The molecule has 6 nitrogen and oxygen atoms in total. The Bertz CT molecular complexity index is 865. The number of benzene rings is 1. The number of rotatable bonds is 4. The molecule has 0 aliphatic rings. The molecule has 0 aliphatic carbocycles. The van der Waals surface area contributed by atoms with Crippen LogP contribution in [0.25, 0.3) is 0 Å². The van der Waals surface area contributed by atoms with Crippen LogP contribution in [-0.4, -0.2) is 20.6 Å². The lowest BCUT2D eigenvalue weighted by atomic mass is 10.0. The van der Waals surface area contributed by atoms with Crippen molar-refractivity contribution in [2.24, 2.45) is 7.05 Å². The summed E-state index contributed by atoms with van der Waals surface area (Å²) in [6.45, 7) is 3.35. The van der Waals surface area contributed by atoms with E-state index < -0.39 is 11.9 Å². The molecule has 0 fully saturated rings. The molecule has 1 aromatic carbocycles. The number of nitrogens with one attached hydrogen (secondary N) is 1. The molecule has 1 atom stereocenters. The summed E-state index contributed by atoms with van der Waals surface area (Å²) in [5.41, 5.74) is 1.18. The Balaban J connectivity index is 2.02. The molecule has 0 aliphatic heterocycles. The second kappa shape index (κ2) is 6.27. The van der Waals surface area contributed by atoms with Gasteiger partial charge in [0.1, 0.15) is 29.0 Å². The zero-order chi connectivity index (χ0) is 17.3. The molecule has 0 saturated carbocycles. The maximum atomic E-state index is 14.3. The van der Waals surface area contributed by atoms with Gasteiger partial charge in [-0.3, -0.25) is 4.79 Å². The average molecular weight is 328 g/mol. The molecule has 1 unspecified atom stereocenters. The van der Waals surface area contributed by atoms with E-state index >= 15 is 0 Å². The zero-order valence-corrected chi connectivity index (χ0v) is 13.6. The molecule has 0 bridgehead atoms. The van der Waals surface area contributed by atoms with E-state index in [1.165, 1.54) is 6.07 Å². The van der Waals surface area contributed by atoms with Crippen molar-refractivity contribution in [1.82, 2.24) is 20.0 Å². The van der Waals surface area contributed by atoms with E-state index in [4.69, 9.17) is 4.52 Å². The molecule has 1 N–H and O–H groups in total. The van der Waals surface area contributed by atoms with E-state index in [9.17, 15) is 9.18 Å². The summed E-state index contributed by atoms with van der Waals surface area (Å²) in [7, 11) is 1.79. The van der Waals surface area contributed by atoms with Crippen molar-refractivity contribution in [3.05, 3.63) is 70.9 Å². The van der Waals surface area contributed by atoms with Crippen LogP contribution in [0.1, 0.15) is 39.2 Å². The highest BCUT2D eigenvalue weighted by molar-refractivity contribution is 5.96. The minimum Gasteiger partial charge on any atom is -0.361 e. The number of aromatic nitrogens is 3. The summed E-state index contributed by atoms with van der Waals surface area (Å²) in [5, 5.41) is 6.62. The van der Waals surface area contributed by atoms with Crippen LogP contribution in [0, 0.1) is 19.7 Å². The van der Waals surface area contributed by atoms with Crippen molar-refractivity contribution in [3.63, 3.8) is 0 Å². The maximum absolute atomic E-state index is 14.3. The fraction of sp³-hybridized carbons (Fsp3) is 0.235. The fourth-order valence-corrected chi connectivity index (χ4v) is 2.66. The van der Waals surface area contributed by atoms with Gasteiger partial charge in [-0.2, -0.15) is 0 Å². The van der Waals surface area contributed by atoms with Gasteiger partial charge in [-0.15, -0.1) is 0 Å². The number of nitrogens with zero attached hydrogens (tertiary/aromatic N) is 3. The zero-order valence-electron chi connectivity index (χ0n) is 13.6. The number of hydrogen-bond donors (Lipinski definition) is 1. The molecule has 3 rings (SSSR count). The number of hydrogen-bond acceptors (Lipinski definition) is 4. The first-order chi connectivity index (χ1) is 11.5. The van der Waals surface area contributed by atoms with Gasteiger partial charge in [-0.05, 0) is 19.9 Å². The quantitative estimate of drug-likeness (QED) is 0.799. The molecule has 24 heavy (non-hydrogen) atoms. The van der Waals surface area contributed by atoms with Crippen molar-refractivity contribution in [2.45, 2.75) is 19.9 Å². The van der Waals surface area contributed by atoms with Crippen molar-refractivity contribution in [1.29, 1.82) is 0 Å². The van der Waals surface area contributed by atoms with Crippen LogP contribution < -0.4 is 5.32 Å². The Morgan fingerprint density at radius 2 is 2.08 bits per heavy atom. The Morgan fingerprint density at radius 1 is 1.33 bits per heavy atom. The van der Waals surface area contributed by atoms with Gasteiger partial charge in [-0.25, -0.2) is 9.37 Å². The molecule has 0 radical (unpaired) electrons. The van der Waals surface area contributed by atoms with Gasteiger partial charge in [0.15, 0.2) is 0 Å². The summed E-state index contributed by atoms with van der Waals surface area (Å²) in [6, 6.07) is 5.57. The molecule has 0 saturated heterocycles. The lowest BCUT2D eigenvalue weighted by Crippen LogP contribution is -2.32. The summed E-state index contributed by atoms with van der Waals surface area (Å²) < 4.78 is 21.1. The third kappa shape index (κ3) is 2.80. The molecule has 124 valence electrons. The van der Waals surface area contributed by atoms with Crippen LogP contribution >= 0.6 is 0 Å². The van der Waals surface area contributed by atoms with E-state index in [0.717, 1.165) is 0 Å². The number of imidazole rings is 1. The monoisotopic (exact) mass is 328 g/mol. The van der Waals surface area contributed by atoms with E-state index in [2.05, 4.69) is 15.5 Å². The third-order valence-electron chi connectivity index (χ3n) is 3.87. The van der Waals surface area contributed by atoms with Gasteiger partial charge in [0.25, 0.3) is 5.91 Å². The van der Waals surface area contributed by atoms with Gasteiger partial charge in [0.2, 0.25) is 0 Å². The molecule has 2 heterocycles. The highest BCUT2D eigenvalue weighted by Gasteiger charge is 2.26. The van der Waals surface area contributed by atoms with Gasteiger partial charge >= 0.3 is 0 Å². The van der Waals surface area contributed by atoms with Gasteiger partial charge < -0.3 is 14.4 Å². The van der Waals surface area contributed by atoms with Crippen molar-refractivity contribution >= 4 is 5.91 Å². The second-order valence-electron chi connectivity index (χ2n) is 5.52. The molecule has 3 aromatic rings. The van der Waals surface area contributed by atoms with Crippen LogP contribution in [0.4, 0.5) is 4.39 Å². The maximum Gasteiger partial charge on any atom is 0.257 e. The summed E-state index contributed by atoms with van der Waals surface area (Å²) >= 11 is 0. The number of halogens is 1. The molecular formula is C17H17FN4O2. The summed E-state index contributed by atoms with van der Waals surface area (Å²) in [5.74, 6) is 0.143. The smallest absolute Gasteiger partial charge is 0.257 e. The summed E-state index contributed by atoms with van der Waals surface area (Å²) in [4.78, 5) is 16.9. The highest BCUT2D eigenvalue weighted by Crippen LogP contribution is 2.24. The van der Waals surface area contributed by atoms with Gasteiger partial charge in [-0.1, -0.05) is 23.4 Å². The minimum absolute atomic E-state index is 0.340. The Morgan fingerprint density at radius 3 is 2.67 bits per heavy atom. The molecular weight excluding hydrogens is 311 g/mol. The lowest BCUT2D eigenvalue weighted by molar-refractivity contribution is 0.0938. The standard InChI is InChI=1S/C17H17FN4O2/c1-10-14(11(2)24-21-10)17(23)20-15(16-19-8-9-22(16)3)12-6-4-5-7-13(12)18/h4-9,15H,1-3H3,(H,20,23). The largest absolute Gasteiger partial charge is 0.361 e. The summed E-state index contributed by atoms with van der Waals surface area (Å²) in [6.07, 6.45) is 3.34. The Hall–Kier alpha value is -2.96. The van der Waals surface area contributed by atoms with Crippen molar-refractivity contribution < 1.29 is 13.7 Å². The minimum atomic E-state index is -0.729. The third-order valence-corrected chi connectivity index (χ3v) is 3.87. The SMILES string of the molecule is Cc1noc(C)c1C(=O)NC(c1ccccc1F)c1nccn1C. The van der Waals surface area contributed by atoms with Crippen LogP contribution in [0.15, 0.2) is 41.2 Å². The van der Waals surface area contributed by atoms with E-state index in [1.54, 1.807) is 56.1 Å². The van der Waals surface area contributed by atoms with Gasteiger partial charge in [0, 0.05) is 25.0 Å². The first-order valence-corrected chi connectivity index (χ1v) is 7.44. The number of amides is 1. The highest BCUT2D eigenvalue weighted by atomic mass is 19.1. The molecule has 2 aromatic heterocycles. The normalized spacial score (nSPS) is 12.2. The topological polar surface area (TPSA) is 73.0 Å².